The molecule has 1 fully saturated rings. The van der Waals surface area contributed by atoms with E-state index in [1.54, 1.807) is 0 Å². The Balaban J connectivity index is 2.41. The van der Waals surface area contributed by atoms with E-state index in [-0.39, 0.29) is 0 Å². The van der Waals surface area contributed by atoms with Gasteiger partial charge in [0.05, 0.1) is 6.10 Å². The van der Waals surface area contributed by atoms with Crippen LogP contribution in [0, 0.1) is 5.92 Å². The Bertz CT molecular complexity index is 84.9. The highest BCUT2D eigenvalue weighted by atomic mass is 16.5. The van der Waals surface area contributed by atoms with Crippen molar-refractivity contribution in [1.82, 2.24) is 0 Å². The van der Waals surface area contributed by atoms with Crippen molar-refractivity contribution in [2.75, 3.05) is 6.61 Å². The van der Waals surface area contributed by atoms with Crippen LogP contribution in [0.2, 0.25) is 0 Å². The molecule has 2 heteroatoms. The summed E-state index contributed by atoms with van der Waals surface area (Å²) in [5.74, 6) is 0.527. The van der Waals surface area contributed by atoms with Crippen LogP contribution in [0.4, 0.5) is 0 Å². The second-order valence-corrected chi connectivity index (χ2v) is 2.89. The van der Waals surface area contributed by atoms with E-state index in [0.717, 1.165) is 13.0 Å². The van der Waals surface area contributed by atoms with E-state index >= 15 is 0 Å². The molecule has 9 heavy (non-hydrogen) atoms. The Morgan fingerprint density at radius 3 is 2.56 bits per heavy atom. The highest BCUT2D eigenvalue weighted by Crippen LogP contribution is 2.18. The molecule has 1 rings (SSSR count). The van der Waals surface area contributed by atoms with Crippen LogP contribution in [-0.4, -0.2) is 18.8 Å². The standard InChI is InChI=1S/C7H15NO/c1-5-6(2)9-4-3-7(5)8/h5-7H,3-4,8H2,1-2H3. The predicted octanol–water partition coefficient (Wildman–Crippen LogP) is 0.759. The molecule has 0 spiro atoms. The second-order valence-electron chi connectivity index (χ2n) is 2.89. The molecular weight excluding hydrogens is 114 g/mol. The maximum Gasteiger partial charge on any atom is 0.0587 e. The van der Waals surface area contributed by atoms with Gasteiger partial charge in [0, 0.05) is 12.6 Å². The van der Waals surface area contributed by atoms with Crippen LogP contribution < -0.4 is 5.73 Å². The van der Waals surface area contributed by atoms with Crippen molar-refractivity contribution in [1.29, 1.82) is 0 Å². The Morgan fingerprint density at radius 2 is 2.11 bits per heavy atom. The van der Waals surface area contributed by atoms with Crippen LogP contribution in [0.15, 0.2) is 0 Å². The highest BCUT2D eigenvalue weighted by molar-refractivity contribution is 4.77. The zero-order valence-electron chi connectivity index (χ0n) is 6.13. The van der Waals surface area contributed by atoms with Gasteiger partial charge in [-0.25, -0.2) is 0 Å². The molecule has 1 heterocycles. The zero-order chi connectivity index (χ0) is 6.85. The van der Waals surface area contributed by atoms with Crippen molar-refractivity contribution in [2.45, 2.75) is 32.4 Å². The minimum Gasteiger partial charge on any atom is -0.378 e. The maximum absolute atomic E-state index is 5.79. The van der Waals surface area contributed by atoms with Gasteiger partial charge in [-0.1, -0.05) is 6.92 Å². The molecule has 3 unspecified atom stereocenters. The third-order valence-electron chi connectivity index (χ3n) is 2.25. The number of ether oxygens (including phenoxy) is 1. The molecule has 3 atom stereocenters. The van der Waals surface area contributed by atoms with Gasteiger partial charge in [-0.3, -0.25) is 0 Å². The van der Waals surface area contributed by atoms with Gasteiger partial charge in [0.1, 0.15) is 0 Å². The summed E-state index contributed by atoms with van der Waals surface area (Å²) in [6.07, 6.45) is 1.37. The summed E-state index contributed by atoms with van der Waals surface area (Å²) < 4.78 is 5.38. The minimum absolute atomic E-state index is 0.355. The van der Waals surface area contributed by atoms with Crippen molar-refractivity contribution >= 4 is 0 Å². The lowest BCUT2D eigenvalue weighted by molar-refractivity contribution is -0.0181. The zero-order valence-corrected chi connectivity index (χ0v) is 6.13. The number of hydrogen-bond donors (Lipinski definition) is 1. The molecule has 0 bridgehead atoms. The third-order valence-corrected chi connectivity index (χ3v) is 2.25. The molecule has 0 aliphatic carbocycles. The average Bonchev–Trinajstić information content (AvgIpc) is 1.83. The van der Waals surface area contributed by atoms with Gasteiger partial charge in [0.25, 0.3) is 0 Å². The quantitative estimate of drug-likeness (QED) is 0.524. The van der Waals surface area contributed by atoms with Gasteiger partial charge in [0.2, 0.25) is 0 Å². The fraction of sp³-hybridized carbons (Fsp3) is 1.00. The maximum atomic E-state index is 5.79. The average molecular weight is 129 g/mol. The first-order valence-corrected chi connectivity index (χ1v) is 3.59. The number of hydrogen-bond acceptors (Lipinski definition) is 2. The van der Waals surface area contributed by atoms with E-state index in [2.05, 4.69) is 13.8 Å². The molecule has 0 radical (unpaired) electrons. The van der Waals surface area contributed by atoms with E-state index < -0.39 is 0 Å². The topological polar surface area (TPSA) is 35.2 Å². The second kappa shape index (κ2) is 2.67. The summed E-state index contributed by atoms with van der Waals surface area (Å²) >= 11 is 0. The Morgan fingerprint density at radius 1 is 1.44 bits per heavy atom. The number of rotatable bonds is 0. The fourth-order valence-electron chi connectivity index (χ4n) is 1.15. The van der Waals surface area contributed by atoms with Gasteiger partial charge in [-0.2, -0.15) is 0 Å². The molecule has 0 aromatic carbocycles. The minimum atomic E-state index is 0.355. The smallest absolute Gasteiger partial charge is 0.0587 e. The normalized spacial score (nSPS) is 45.0. The molecule has 54 valence electrons. The van der Waals surface area contributed by atoms with Crippen molar-refractivity contribution in [3.05, 3.63) is 0 Å². The highest BCUT2D eigenvalue weighted by Gasteiger charge is 2.24. The first kappa shape index (κ1) is 7.03. The monoisotopic (exact) mass is 129 g/mol. The van der Waals surface area contributed by atoms with Crippen LogP contribution in [0.3, 0.4) is 0 Å². The molecular formula is C7H15NO. The summed E-state index contributed by atoms with van der Waals surface area (Å²) in [5.41, 5.74) is 5.79. The number of nitrogens with two attached hydrogens (primary N) is 1. The van der Waals surface area contributed by atoms with Crippen molar-refractivity contribution in [3.8, 4) is 0 Å². The Hall–Kier alpha value is -0.0800. The van der Waals surface area contributed by atoms with Gasteiger partial charge >= 0.3 is 0 Å². The van der Waals surface area contributed by atoms with E-state index in [1.165, 1.54) is 0 Å². The molecule has 0 aromatic rings. The van der Waals surface area contributed by atoms with Crippen molar-refractivity contribution < 1.29 is 4.74 Å². The molecule has 1 aliphatic rings. The first-order valence-electron chi connectivity index (χ1n) is 3.59. The van der Waals surface area contributed by atoms with E-state index in [9.17, 15) is 0 Å². The van der Waals surface area contributed by atoms with Crippen LogP contribution in [0.1, 0.15) is 20.3 Å². The SMILES string of the molecule is CC1OCCC(N)C1C. The molecule has 0 amide bonds. The molecule has 2 nitrogen and oxygen atoms in total. The van der Waals surface area contributed by atoms with Crippen LogP contribution in [0.5, 0.6) is 0 Å². The molecule has 0 aromatic heterocycles. The van der Waals surface area contributed by atoms with E-state index in [0.29, 0.717) is 18.1 Å². The van der Waals surface area contributed by atoms with E-state index in [4.69, 9.17) is 10.5 Å². The molecule has 1 saturated heterocycles. The summed E-state index contributed by atoms with van der Waals surface area (Å²) in [7, 11) is 0. The van der Waals surface area contributed by atoms with Crippen LogP contribution in [0.25, 0.3) is 0 Å². The lowest BCUT2D eigenvalue weighted by atomic mass is 9.93. The lowest BCUT2D eigenvalue weighted by Crippen LogP contribution is -2.41. The summed E-state index contributed by atoms with van der Waals surface area (Å²) in [6.45, 7) is 5.07. The van der Waals surface area contributed by atoms with E-state index in [1.807, 2.05) is 0 Å². The fourth-order valence-corrected chi connectivity index (χ4v) is 1.15. The Labute approximate surface area is 56.4 Å². The van der Waals surface area contributed by atoms with Gasteiger partial charge in [-0.15, -0.1) is 0 Å². The van der Waals surface area contributed by atoms with Crippen LogP contribution in [-0.2, 0) is 4.74 Å². The van der Waals surface area contributed by atoms with Crippen molar-refractivity contribution in [2.24, 2.45) is 11.7 Å². The van der Waals surface area contributed by atoms with Gasteiger partial charge < -0.3 is 10.5 Å². The van der Waals surface area contributed by atoms with Gasteiger partial charge in [-0.05, 0) is 19.3 Å². The molecule has 2 N–H and O–H groups in total. The summed E-state index contributed by atoms with van der Waals surface area (Å²) in [6, 6.07) is 0.355. The summed E-state index contributed by atoms with van der Waals surface area (Å²) in [4.78, 5) is 0. The Kier molecular flexibility index (Phi) is 2.09. The summed E-state index contributed by atoms with van der Waals surface area (Å²) in [5, 5.41) is 0. The molecule has 1 aliphatic heterocycles. The first-order chi connectivity index (χ1) is 4.22. The predicted molar refractivity (Wildman–Crippen MR) is 37.2 cm³/mol. The lowest BCUT2D eigenvalue weighted by Gasteiger charge is -2.31. The largest absolute Gasteiger partial charge is 0.378 e. The van der Waals surface area contributed by atoms with Crippen molar-refractivity contribution in [3.63, 3.8) is 0 Å². The third kappa shape index (κ3) is 1.43. The van der Waals surface area contributed by atoms with Crippen LogP contribution >= 0.6 is 0 Å². The molecule has 0 saturated carbocycles. The van der Waals surface area contributed by atoms with Gasteiger partial charge in [0.15, 0.2) is 0 Å².